The van der Waals surface area contributed by atoms with Gasteiger partial charge in [0.25, 0.3) is 0 Å². The van der Waals surface area contributed by atoms with Gasteiger partial charge in [-0.05, 0) is 31.2 Å². The van der Waals surface area contributed by atoms with E-state index in [1.165, 1.54) is 5.56 Å². The first kappa shape index (κ1) is 12.1. The Kier molecular flexibility index (Phi) is 4.16. The molecule has 17 heavy (non-hydrogen) atoms. The van der Waals surface area contributed by atoms with Gasteiger partial charge in [0, 0.05) is 0 Å². The highest BCUT2D eigenvalue weighted by atomic mass is 16.5. The first-order chi connectivity index (χ1) is 8.35. The lowest BCUT2D eigenvalue weighted by atomic mass is 9.86. The van der Waals surface area contributed by atoms with Crippen molar-refractivity contribution in [1.29, 1.82) is 0 Å². The highest BCUT2D eigenvalue weighted by molar-refractivity contribution is 5.14. The van der Waals surface area contributed by atoms with E-state index in [-0.39, 0.29) is 5.60 Å². The molecule has 0 aromatic heterocycles. The maximum absolute atomic E-state index is 6.17. The molecule has 0 fully saturated rings. The van der Waals surface area contributed by atoms with Gasteiger partial charge in [-0.25, -0.2) is 0 Å². The lowest BCUT2D eigenvalue weighted by molar-refractivity contribution is -0.0605. The van der Waals surface area contributed by atoms with Crippen molar-refractivity contribution in [3.63, 3.8) is 0 Å². The molecule has 1 nitrogen and oxygen atoms in total. The second kappa shape index (κ2) is 5.83. The van der Waals surface area contributed by atoms with E-state index >= 15 is 0 Å². The van der Waals surface area contributed by atoms with Crippen molar-refractivity contribution >= 4 is 0 Å². The van der Waals surface area contributed by atoms with Crippen LogP contribution in [0.1, 0.15) is 31.2 Å². The fraction of sp³-hybridized carbons (Fsp3) is 0.375. The third kappa shape index (κ3) is 3.31. The zero-order valence-corrected chi connectivity index (χ0v) is 10.3. The van der Waals surface area contributed by atoms with Gasteiger partial charge in [-0.2, -0.15) is 0 Å². The zero-order chi connectivity index (χ0) is 12.0. The maximum atomic E-state index is 6.17. The van der Waals surface area contributed by atoms with Crippen molar-refractivity contribution in [2.75, 3.05) is 0 Å². The summed E-state index contributed by atoms with van der Waals surface area (Å²) in [4.78, 5) is 0. The molecule has 90 valence electrons. The summed E-state index contributed by atoms with van der Waals surface area (Å²) < 4.78 is 6.17. The molecule has 1 aromatic carbocycles. The molecule has 1 atom stereocenters. The molecule has 0 amide bonds. The Labute approximate surface area is 104 Å². The highest BCUT2D eigenvalue weighted by Crippen LogP contribution is 2.32. The van der Waals surface area contributed by atoms with Crippen LogP contribution in [0.3, 0.4) is 0 Å². The van der Waals surface area contributed by atoms with E-state index < -0.39 is 0 Å². The number of rotatable bonds is 5. The molecule has 0 bridgehead atoms. The molecule has 0 aliphatic heterocycles. The summed E-state index contributed by atoms with van der Waals surface area (Å²) in [6.07, 6.45) is 10.6. The molecule has 0 N–H and O–H groups in total. The Morgan fingerprint density at radius 1 is 1.24 bits per heavy atom. The predicted molar refractivity (Wildman–Crippen MR) is 71.8 cm³/mol. The number of benzene rings is 1. The highest BCUT2D eigenvalue weighted by Gasteiger charge is 2.29. The van der Waals surface area contributed by atoms with E-state index in [4.69, 9.17) is 4.74 Å². The summed E-state index contributed by atoms with van der Waals surface area (Å²) in [6, 6.07) is 10.4. The Morgan fingerprint density at radius 3 is 2.71 bits per heavy atom. The van der Waals surface area contributed by atoms with Crippen LogP contribution in [0.2, 0.25) is 0 Å². The first-order valence-corrected chi connectivity index (χ1v) is 6.28. The molecule has 0 spiro atoms. The molecule has 2 rings (SSSR count). The Bertz CT molecular complexity index is 380. The van der Waals surface area contributed by atoms with Crippen molar-refractivity contribution in [1.82, 2.24) is 0 Å². The number of hydrogen-bond donors (Lipinski definition) is 0. The van der Waals surface area contributed by atoms with E-state index in [2.05, 4.69) is 43.0 Å². The number of hydrogen-bond acceptors (Lipinski definition) is 1. The van der Waals surface area contributed by atoms with Crippen LogP contribution >= 0.6 is 0 Å². The summed E-state index contributed by atoms with van der Waals surface area (Å²) in [5.74, 6) is 0. The van der Waals surface area contributed by atoms with Crippen LogP contribution < -0.4 is 0 Å². The fourth-order valence-corrected chi connectivity index (χ4v) is 2.31. The molecular formula is C16H20O. The second-order valence-corrected chi connectivity index (χ2v) is 4.66. The van der Waals surface area contributed by atoms with E-state index in [0.717, 1.165) is 25.7 Å². The van der Waals surface area contributed by atoms with Crippen LogP contribution in [0.25, 0.3) is 0 Å². The Balaban J connectivity index is 1.98. The fourth-order valence-electron chi connectivity index (χ4n) is 2.31. The van der Waals surface area contributed by atoms with Crippen molar-refractivity contribution in [2.45, 2.75) is 37.9 Å². The molecule has 1 heteroatoms. The SMILES string of the molecule is C=CC[C@]1(OCc2ccccc2)CC=CCC1. The number of allylic oxidation sites excluding steroid dienone is 1. The third-order valence-electron chi connectivity index (χ3n) is 3.33. The smallest absolute Gasteiger partial charge is 0.0758 e. The summed E-state index contributed by atoms with van der Waals surface area (Å²) >= 11 is 0. The standard InChI is InChI=1S/C16H20O/c1-2-11-16(12-7-4-8-13-16)17-14-15-9-5-3-6-10-15/h2-7,9-10H,1,8,11-14H2/t16-/m0/s1. The number of ether oxygens (including phenoxy) is 1. The Morgan fingerprint density at radius 2 is 2.06 bits per heavy atom. The minimum atomic E-state index is -0.0215. The van der Waals surface area contributed by atoms with Gasteiger partial charge in [-0.1, -0.05) is 48.6 Å². The van der Waals surface area contributed by atoms with Crippen molar-refractivity contribution in [3.05, 3.63) is 60.7 Å². The third-order valence-corrected chi connectivity index (χ3v) is 3.33. The molecule has 1 aliphatic carbocycles. The van der Waals surface area contributed by atoms with Gasteiger partial charge in [0.1, 0.15) is 0 Å². The van der Waals surface area contributed by atoms with E-state index in [1.54, 1.807) is 0 Å². The van der Waals surface area contributed by atoms with Crippen molar-refractivity contribution in [2.24, 2.45) is 0 Å². The molecule has 0 unspecified atom stereocenters. The second-order valence-electron chi connectivity index (χ2n) is 4.66. The Hall–Kier alpha value is -1.34. The molecular weight excluding hydrogens is 208 g/mol. The molecule has 0 radical (unpaired) electrons. The molecule has 0 heterocycles. The van der Waals surface area contributed by atoms with Gasteiger partial charge in [0.05, 0.1) is 12.2 Å². The molecule has 1 aliphatic rings. The zero-order valence-electron chi connectivity index (χ0n) is 10.3. The van der Waals surface area contributed by atoms with Gasteiger partial charge in [-0.15, -0.1) is 6.58 Å². The van der Waals surface area contributed by atoms with Crippen LogP contribution in [0.15, 0.2) is 55.1 Å². The van der Waals surface area contributed by atoms with E-state index in [1.807, 2.05) is 12.1 Å². The van der Waals surface area contributed by atoms with Gasteiger partial charge in [0.2, 0.25) is 0 Å². The van der Waals surface area contributed by atoms with Gasteiger partial charge < -0.3 is 4.74 Å². The van der Waals surface area contributed by atoms with E-state index in [9.17, 15) is 0 Å². The normalized spacial score (nSPS) is 23.5. The van der Waals surface area contributed by atoms with Crippen molar-refractivity contribution < 1.29 is 4.74 Å². The van der Waals surface area contributed by atoms with Crippen molar-refractivity contribution in [3.8, 4) is 0 Å². The minimum absolute atomic E-state index is 0.0215. The summed E-state index contributed by atoms with van der Waals surface area (Å²) in [5, 5.41) is 0. The van der Waals surface area contributed by atoms with Gasteiger partial charge in [-0.3, -0.25) is 0 Å². The average molecular weight is 228 g/mol. The van der Waals surface area contributed by atoms with Gasteiger partial charge >= 0.3 is 0 Å². The lowest BCUT2D eigenvalue weighted by Gasteiger charge is -2.34. The average Bonchev–Trinajstić information content (AvgIpc) is 2.39. The lowest BCUT2D eigenvalue weighted by Crippen LogP contribution is -2.32. The first-order valence-electron chi connectivity index (χ1n) is 6.28. The predicted octanol–water partition coefficient (Wildman–Crippen LogP) is 4.26. The molecule has 1 aromatic rings. The van der Waals surface area contributed by atoms with Crippen LogP contribution in [0, 0.1) is 0 Å². The monoisotopic (exact) mass is 228 g/mol. The minimum Gasteiger partial charge on any atom is -0.370 e. The van der Waals surface area contributed by atoms with Crippen LogP contribution in [-0.4, -0.2) is 5.60 Å². The molecule has 0 saturated heterocycles. The molecule has 0 saturated carbocycles. The quantitative estimate of drug-likeness (QED) is 0.684. The largest absolute Gasteiger partial charge is 0.370 e. The van der Waals surface area contributed by atoms with Crippen LogP contribution in [0.5, 0.6) is 0 Å². The van der Waals surface area contributed by atoms with Gasteiger partial charge in [0.15, 0.2) is 0 Å². The topological polar surface area (TPSA) is 9.23 Å². The maximum Gasteiger partial charge on any atom is 0.0758 e. The summed E-state index contributed by atoms with van der Waals surface area (Å²) in [5.41, 5.74) is 1.22. The summed E-state index contributed by atoms with van der Waals surface area (Å²) in [7, 11) is 0. The van der Waals surface area contributed by atoms with Crippen LogP contribution in [-0.2, 0) is 11.3 Å². The van der Waals surface area contributed by atoms with E-state index in [0.29, 0.717) is 6.61 Å². The van der Waals surface area contributed by atoms with Crippen LogP contribution in [0.4, 0.5) is 0 Å². The summed E-state index contributed by atoms with van der Waals surface area (Å²) in [6.45, 7) is 4.55.